The minimum Gasteiger partial charge on any atom is -0.322 e. The number of hydrogen-bond donors (Lipinski definition) is 1. The molecule has 0 aliphatic heterocycles. The topological polar surface area (TPSA) is 43.8 Å². The SMILES string of the molecule is Cc1nn(CC(N)c2ccc(F)cc2F)c(C)c1C. The number of benzene rings is 1. The first-order valence-electron chi connectivity index (χ1n) is 6.11. The van der Waals surface area contributed by atoms with Crippen LogP contribution in [0.3, 0.4) is 0 Å². The second-order valence-electron chi connectivity index (χ2n) is 4.75. The first kappa shape index (κ1) is 13.7. The van der Waals surface area contributed by atoms with E-state index in [1.165, 1.54) is 12.1 Å². The molecule has 0 aliphatic carbocycles. The Bertz CT molecular complexity index is 605. The lowest BCUT2D eigenvalue weighted by Crippen LogP contribution is -2.20. The standard InChI is InChI=1S/C14H17F2N3/c1-8-9(2)18-19(10(8)3)7-14(17)12-5-4-11(15)6-13(12)16/h4-6,14H,7,17H2,1-3H3. The van der Waals surface area contributed by atoms with Crippen LogP contribution in [-0.2, 0) is 6.54 Å². The Morgan fingerprint density at radius 1 is 1.26 bits per heavy atom. The highest BCUT2D eigenvalue weighted by Crippen LogP contribution is 2.19. The van der Waals surface area contributed by atoms with Gasteiger partial charge in [-0.3, -0.25) is 4.68 Å². The van der Waals surface area contributed by atoms with Crippen molar-refractivity contribution in [2.24, 2.45) is 5.73 Å². The highest BCUT2D eigenvalue weighted by Gasteiger charge is 2.15. The van der Waals surface area contributed by atoms with Crippen LogP contribution in [-0.4, -0.2) is 9.78 Å². The van der Waals surface area contributed by atoms with Gasteiger partial charge in [0.25, 0.3) is 0 Å². The van der Waals surface area contributed by atoms with E-state index in [0.29, 0.717) is 12.1 Å². The molecule has 3 nitrogen and oxygen atoms in total. The third-order valence-electron chi connectivity index (χ3n) is 3.47. The summed E-state index contributed by atoms with van der Waals surface area (Å²) in [5, 5.41) is 4.36. The van der Waals surface area contributed by atoms with Crippen molar-refractivity contribution >= 4 is 0 Å². The first-order chi connectivity index (χ1) is 8.90. The van der Waals surface area contributed by atoms with Crippen LogP contribution in [0, 0.1) is 32.4 Å². The van der Waals surface area contributed by atoms with Gasteiger partial charge in [-0.15, -0.1) is 0 Å². The molecular weight excluding hydrogens is 248 g/mol. The van der Waals surface area contributed by atoms with E-state index in [4.69, 9.17) is 5.73 Å². The van der Waals surface area contributed by atoms with Crippen molar-refractivity contribution in [3.63, 3.8) is 0 Å². The fourth-order valence-electron chi connectivity index (χ4n) is 2.05. The smallest absolute Gasteiger partial charge is 0.130 e. The van der Waals surface area contributed by atoms with Gasteiger partial charge in [-0.1, -0.05) is 6.07 Å². The first-order valence-corrected chi connectivity index (χ1v) is 6.11. The second kappa shape index (κ2) is 5.09. The van der Waals surface area contributed by atoms with Crippen molar-refractivity contribution in [2.75, 3.05) is 0 Å². The zero-order valence-corrected chi connectivity index (χ0v) is 11.2. The summed E-state index contributed by atoms with van der Waals surface area (Å²) in [6.45, 7) is 6.22. The normalized spacial score (nSPS) is 12.7. The van der Waals surface area contributed by atoms with Crippen LogP contribution in [0.15, 0.2) is 18.2 Å². The Kier molecular flexibility index (Phi) is 3.66. The number of hydrogen-bond acceptors (Lipinski definition) is 2. The molecule has 102 valence electrons. The van der Waals surface area contributed by atoms with E-state index < -0.39 is 17.7 Å². The molecule has 1 aromatic carbocycles. The summed E-state index contributed by atoms with van der Waals surface area (Å²) in [6.07, 6.45) is 0. The van der Waals surface area contributed by atoms with E-state index in [1.807, 2.05) is 20.8 Å². The molecule has 0 radical (unpaired) electrons. The Morgan fingerprint density at radius 2 is 1.95 bits per heavy atom. The minimum atomic E-state index is -0.620. The van der Waals surface area contributed by atoms with Crippen molar-refractivity contribution in [3.05, 3.63) is 52.3 Å². The molecule has 0 fully saturated rings. The van der Waals surface area contributed by atoms with Gasteiger partial charge in [0.05, 0.1) is 18.3 Å². The van der Waals surface area contributed by atoms with Gasteiger partial charge in [-0.2, -0.15) is 5.10 Å². The number of rotatable bonds is 3. The highest BCUT2D eigenvalue weighted by molar-refractivity contribution is 5.24. The van der Waals surface area contributed by atoms with Crippen LogP contribution in [0.5, 0.6) is 0 Å². The molecule has 19 heavy (non-hydrogen) atoms. The molecule has 2 N–H and O–H groups in total. The van der Waals surface area contributed by atoms with Crippen molar-refractivity contribution in [1.82, 2.24) is 9.78 Å². The van der Waals surface area contributed by atoms with Crippen LogP contribution in [0.1, 0.15) is 28.6 Å². The predicted octanol–water partition coefficient (Wildman–Crippen LogP) is 2.79. The quantitative estimate of drug-likeness (QED) is 0.927. The molecule has 0 spiro atoms. The lowest BCUT2D eigenvalue weighted by Gasteiger charge is -2.14. The summed E-state index contributed by atoms with van der Waals surface area (Å²) >= 11 is 0. The van der Waals surface area contributed by atoms with Gasteiger partial charge in [0.15, 0.2) is 0 Å². The lowest BCUT2D eigenvalue weighted by atomic mass is 10.1. The Hall–Kier alpha value is -1.75. The van der Waals surface area contributed by atoms with Gasteiger partial charge in [0.2, 0.25) is 0 Å². The lowest BCUT2D eigenvalue weighted by molar-refractivity contribution is 0.487. The monoisotopic (exact) mass is 265 g/mol. The third kappa shape index (κ3) is 2.66. The average Bonchev–Trinajstić information content (AvgIpc) is 2.57. The van der Waals surface area contributed by atoms with Crippen molar-refractivity contribution < 1.29 is 8.78 Å². The zero-order chi connectivity index (χ0) is 14.2. The van der Waals surface area contributed by atoms with Gasteiger partial charge in [0, 0.05) is 17.3 Å². The van der Waals surface area contributed by atoms with E-state index in [-0.39, 0.29) is 0 Å². The molecule has 1 aromatic heterocycles. The van der Waals surface area contributed by atoms with Crippen LogP contribution in [0.25, 0.3) is 0 Å². The molecule has 1 unspecified atom stereocenters. The summed E-state index contributed by atoms with van der Waals surface area (Å²) in [5.41, 5.74) is 9.33. The maximum absolute atomic E-state index is 13.6. The molecule has 0 aliphatic rings. The Labute approximate surface area is 111 Å². The summed E-state index contributed by atoms with van der Waals surface area (Å²) in [6, 6.07) is 2.89. The summed E-state index contributed by atoms with van der Waals surface area (Å²) in [5.74, 6) is -1.22. The van der Waals surface area contributed by atoms with Crippen LogP contribution >= 0.6 is 0 Å². The molecule has 5 heteroatoms. The van der Waals surface area contributed by atoms with Gasteiger partial charge in [-0.25, -0.2) is 8.78 Å². The summed E-state index contributed by atoms with van der Waals surface area (Å²) < 4.78 is 28.3. The van der Waals surface area contributed by atoms with E-state index in [1.54, 1.807) is 4.68 Å². The molecule has 0 saturated carbocycles. The van der Waals surface area contributed by atoms with E-state index in [0.717, 1.165) is 23.0 Å². The highest BCUT2D eigenvalue weighted by atomic mass is 19.1. The molecule has 0 bridgehead atoms. The maximum atomic E-state index is 13.6. The third-order valence-corrected chi connectivity index (χ3v) is 3.47. The Balaban J connectivity index is 2.25. The average molecular weight is 265 g/mol. The summed E-state index contributed by atoms with van der Waals surface area (Å²) in [7, 11) is 0. The molecule has 0 amide bonds. The van der Waals surface area contributed by atoms with Gasteiger partial charge in [0.1, 0.15) is 11.6 Å². The van der Waals surface area contributed by atoms with Crippen LogP contribution < -0.4 is 5.73 Å². The number of nitrogens with zero attached hydrogens (tertiary/aromatic N) is 2. The largest absolute Gasteiger partial charge is 0.322 e. The molecular formula is C14H17F2N3. The Morgan fingerprint density at radius 3 is 2.47 bits per heavy atom. The van der Waals surface area contributed by atoms with Crippen LogP contribution in [0.4, 0.5) is 8.78 Å². The van der Waals surface area contributed by atoms with Gasteiger partial charge in [-0.05, 0) is 32.4 Å². The van der Waals surface area contributed by atoms with Gasteiger partial charge >= 0.3 is 0 Å². The van der Waals surface area contributed by atoms with Crippen molar-refractivity contribution in [3.8, 4) is 0 Å². The molecule has 2 rings (SSSR count). The van der Waals surface area contributed by atoms with E-state index in [2.05, 4.69) is 5.10 Å². The number of nitrogens with two attached hydrogens (primary N) is 1. The van der Waals surface area contributed by atoms with Crippen LogP contribution in [0.2, 0.25) is 0 Å². The molecule has 1 heterocycles. The van der Waals surface area contributed by atoms with E-state index in [9.17, 15) is 8.78 Å². The number of halogens is 2. The zero-order valence-electron chi connectivity index (χ0n) is 11.2. The van der Waals surface area contributed by atoms with Crippen molar-refractivity contribution in [2.45, 2.75) is 33.4 Å². The fourth-order valence-corrected chi connectivity index (χ4v) is 2.05. The maximum Gasteiger partial charge on any atom is 0.130 e. The minimum absolute atomic E-state index is 0.298. The molecule has 0 saturated heterocycles. The number of aryl methyl sites for hydroxylation is 1. The van der Waals surface area contributed by atoms with Gasteiger partial charge < -0.3 is 5.73 Å². The van der Waals surface area contributed by atoms with Crippen molar-refractivity contribution in [1.29, 1.82) is 0 Å². The number of aromatic nitrogens is 2. The predicted molar refractivity (Wildman–Crippen MR) is 69.7 cm³/mol. The van der Waals surface area contributed by atoms with E-state index >= 15 is 0 Å². The second-order valence-corrected chi connectivity index (χ2v) is 4.75. The summed E-state index contributed by atoms with van der Waals surface area (Å²) in [4.78, 5) is 0. The fraction of sp³-hybridized carbons (Fsp3) is 0.357. The molecule has 1 atom stereocenters. The molecule has 2 aromatic rings.